The van der Waals surface area contributed by atoms with E-state index in [1.165, 1.54) is 6.07 Å². The van der Waals surface area contributed by atoms with Gasteiger partial charge in [0.25, 0.3) is 0 Å². The van der Waals surface area contributed by atoms with E-state index in [0.717, 1.165) is 18.4 Å². The van der Waals surface area contributed by atoms with Gasteiger partial charge in [0.05, 0.1) is 5.69 Å². The fraction of sp³-hybridized carbons (Fsp3) is 0.417. The van der Waals surface area contributed by atoms with Crippen molar-refractivity contribution in [2.75, 3.05) is 5.73 Å². The van der Waals surface area contributed by atoms with Gasteiger partial charge in [-0.2, -0.15) is 0 Å². The van der Waals surface area contributed by atoms with E-state index < -0.39 is 0 Å². The highest BCUT2D eigenvalue weighted by Gasteiger charge is 2.20. The molecule has 0 unspecified atom stereocenters. The number of nitrogen functional groups attached to an aromatic ring is 1. The number of rotatable bonds is 1. The molecule has 0 aromatic heterocycles. The molecular weight excluding hydrogens is 193 g/mol. The van der Waals surface area contributed by atoms with Crippen molar-refractivity contribution in [3.63, 3.8) is 0 Å². The van der Waals surface area contributed by atoms with Gasteiger partial charge in [-0.3, -0.25) is 4.79 Å². The van der Waals surface area contributed by atoms with E-state index in [9.17, 15) is 9.18 Å². The van der Waals surface area contributed by atoms with Crippen LogP contribution in [0.1, 0.15) is 37.2 Å². The normalized spacial score (nSPS) is 18.1. The standard InChI is InChI=1S/C12H14FNO/c13-11-7-9(3-6-12(11)14)8-1-4-10(15)5-2-8/h3,6-8H,1-2,4-5,14H2. The maximum atomic E-state index is 13.2. The average molecular weight is 207 g/mol. The van der Waals surface area contributed by atoms with Gasteiger partial charge < -0.3 is 5.73 Å². The monoisotopic (exact) mass is 207 g/mol. The molecule has 0 atom stereocenters. The van der Waals surface area contributed by atoms with Crippen molar-refractivity contribution in [2.24, 2.45) is 0 Å². The minimum absolute atomic E-state index is 0.186. The van der Waals surface area contributed by atoms with Gasteiger partial charge in [-0.15, -0.1) is 0 Å². The number of hydrogen-bond donors (Lipinski definition) is 1. The number of hydrogen-bond acceptors (Lipinski definition) is 2. The molecule has 1 aliphatic rings. The molecule has 0 heterocycles. The van der Waals surface area contributed by atoms with Crippen LogP contribution in [0.5, 0.6) is 0 Å². The van der Waals surface area contributed by atoms with E-state index in [2.05, 4.69) is 0 Å². The summed E-state index contributed by atoms with van der Waals surface area (Å²) < 4.78 is 13.2. The van der Waals surface area contributed by atoms with Crippen molar-refractivity contribution in [3.8, 4) is 0 Å². The van der Waals surface area contributed by atoms with Crippen LogP contribution in [0.3, 0.4) is 0 Å². The summed E-state index contributed by atoms with van der Waals surface area (Å²) in [6, 6.07) is 4.95. The molecule has 80 valence electrons. The zero-order chi connectivity index (χ0) is 10.8. The van der Waals surface area contributed by atoms with Gasteiger partial charge in [-0.05, 0) is 36.5 Å². The number of anilines is 1. The van der Waals surface area contributed by atoms with Crippen molar-refractivity contribution in [1.29, 1.82) is 0 Å². The lowest BCUT2D eigenvalue weighted by Gasteiger charge is -2.21. The van der Waals surface area contributed by atoms with Crippen molar-refractivity contribution >= 4 is 11.5 Å². The number of nitrogens with two attached hydrogens (primary N) is 1. The van der Waals surface area contributed by atoms with Crippen LogP contribution in [0.15, 0.2) is 18.2 Å². The summed E-state index contributed by atoms with van der Waals surface area (Å²) in [5.41, 5.74) is 6.56. The Morgan fingerprint density at radius 3 is 2.53 bits per heavy atom. The van der Waals surface area contributed by atoms with Crippen LogP contribution in [-0.4, -0.2) is 5.78 Å². The number of Topliss-reactive ketones (excluding diaryl/α,β-unsaturated/α-hetero) is 1. The van der Waals surface area contributed by atoms with Crippen LogP contribution in [0, 0.1) is 5.82 Å². The van der Waals surface area contributed by atoms with E-state index in [1.54, 1.807) is 6.07 Å². The third-order valence-electron chi connectivity index (χ3n) is 3.04. The van der Waals surface area contributed by atoms with E-state index in [-0.39, 0.29) is 11.5 Å². The first-order valence-corrected chi connectivity index (χ1v) is 5.23. The molecule has 3 heteroatoms. The van der Waals surface area contributed by atoms with Crippen LogP contribution < -0.4 is 5.73 Å². The Labute approximate surface area is 88.3 Å². The summed E-state index contributed by atoms with van der Waals surface area (Å²) in [4.78, 5) is 11.1. The maximum absolute atomic E-state index is 13.2. The van der Waals surface area contributed by atoms with E-state index in [4.69, 9.17) is 5.73 Å². The molecule has 0 spiro atoms. The van der Waals surface area contributed by atoms with Gasteiger partial charge in [0.2, 0.25) is 0 Å². The molecule has 2 N–H and O–H groups in total. The molecule has 1 aliphatic carbocycles. The third-order valence-corrected chi connectivity index (χ3v) is 3.04. The first-order chi connectivity index (χ1) is 7.16. The second-order valence-electron chi connectivity index (χ2n) is 4.09. The number of carbonyl (C=O) groups is 1. The topological polar surface area (TPSA) is 43.1 Å². The lowest BCUT2D eigenvalue weighted by molar-refractivity contribution is -0.120. The fourth-order valence-corrected chi connectivity index (χ4v) is 2.07. The van der Waals surface area contributed by atoms with Crippen LogP contribution in [0.2, 0.25) is 0 Å². The zero-order valence-corrected chi connectivity index (χ0v) is 8.50. The highest BCUT2D eigenvalue weighted by molar-refractivity contribution is 5.79. The van der Waals surface area contributed by atoms with Gasteiger partial charge in [-0.1, -0.05) is 6.07 Å². The van der Waals surface area contributed by atoms with E-state index in [1.807, 2.05) is 6.07 Å². The van der Waals surface area contributed by atoms with Gasteiger partial charge in [0.1, 0.15) is 11.6 Å². The molecule has 0 aliphatic heterocycles. The molecule has 0 bridgehead atoms. The average Bonchev–Trinajstić information content (AvgIpc) is 2.23. The Balaban J connectivity index is 2.16. The van der Waals surface area contributed by atoms with Crippen molar-refractivity contribution in [3.05, 3.63) is 29.6 Å². The van der Waals surface area contributed by atoms with Gasteiger partial charge in [0.15, 0.2) is 0 Å². The predicted molar refractivity (Wildman–Crippen MR) is 57.0 cm³/mol. The minimum Gasteiger partial charge on any atom is -0.396 e. The van der Waals surface area contributed by atoms with Crippen molar-refractivity contribution in [1.82, 2.24) is 0 Å². The lowest BCUT2D eigenvalue weighted by Crippen LogP contribution is -2.12. The number of benzene rings is 1. The summed E-state index contributed by atoms with van der Waals surface area (Å²) in [7, 11) is 0. The predicted octanol–water partition coefficient (Wildman–Crippen LogP) is 2.63. The number of halogens is 1. The minimum atomic E-state index is -0.357. The first-order valence-electron chi connectivity index (χ1n) is 5.23. The highest BCUT2D eigenvalue weighted by atomic mass is 19.1. The summed E-state index contributed by atoms with van der Waals surface area (Å²) in [5.74, 6) is 0.282. The molecule has 2 nitrogen and oxygen atoms in total. The Hall–Kier alpha value is -1.38. The number of ketones is 1. The SMILES string of the molecule is Nc1ccc(C2CCC(=O)CC2)cc1F. The molecule has 1 saturated carbocycles. The molecule has 1 aromatic carbocycles. The molecule has 0 radical (unpaired) electrons. The van der Waals surface area contributed by atoms with Crippen LogP contribution >= 0.6 is 0 Å². The smallest absolute Gasteiger partial charge is 0.146 e. The van der Waals surface area contributed by atoms with Crippen LogP contribution in [0.4, 0.5) is 10.1 Å². The van der Waals surface area contributed by atoms with Gasteiger partial charge in [0, 0.05) is 12.8 Å². The first kappa shape index (κ1) is 10.1. The Morgan fingerprint density at radius 1 is 1.27 bits per heavy atom. The summed E-state index contributed by atoms with van der Waals surface area (Å²) >= 11 is 0. The molecule has 1 aromatic rings. The summed E-state index contributed by atoms with van der Waals surface area (Å²) in [5, 5.41) is 0. The molecule has 2 rings (SSSR count). The highest BCUT2D eigenvalue weighted by Crippen LogP contribution is 2.32. The molecular formula is C12H14FNO. The van der Waals surface area contributed by atoms with E-state index in [0.29, 0.717) is 24.5 Å². The summed E-state index contributed by atoms with van der Waals surface area (Å²) in [6.07, 6.45) is 2.91. The third kappa shape index (κ3) is 2.17. The molecule has 0 saturated heterocycles. The molecule has 1 fully saturated rings. The largest absolute Gasteiger partial charge is 0.396 e. The summed E-state index contributed by atoms with van der Waals surface area (Å²) in [6.45, 7) is 0. The van der Waals surface area contributed by atoms with Gasteiger partial charge in [-0.25, -0.2) is 4.39 Å². The second kappa shape index (κ2) is 4.01. The fourth-order valence-electron chi connectivity index (χ4n) is 2.07. The van der Waals surface area contributed by atoms with Crippen LogP contribution in [-0.2, 0) is 4.79 Å². The maximum Gasteiger partial charge on any atom is 0.146 e. The second-order valence-corrected chi connectivity index (χ2v) is 4.09. The Morgan fingerprint density at radius 2 is 1.93 bits per heavy atom. The quantitative estimate of drug-likeness (QED) is 0.719. The molecule has 0 amide bonds. The van der Waals surface area contributed by atoms with Crippen molar-refractivity contribution < 1.29 is 9.18 Å². The van der Waals surface area contributed by atoms with Gasteiger partial charge >= 0.3 is 0 Å². The zero-order valence-electron chi connectivity index (χ0n) is 8.50. The molecule has 15 heavy (non-hydrogen) atoms. The Bertz CT molecular complexity index is 379. The van der Waals surface area contributed by atoms with Crippen molar-refractivity contribution in [2.45, 2.75) is 31.6 Å². The van der Waals surface area contributed by atoms with E-state index >= 15 is 0 Å². The Kier molecular flexibility index (Phi) is 2.71. The van der Waals surface area contributed by atoms with Crippen LogP contribution in [0.25, 0.3) is 0 Å². The lowest BCUT2D eigenvalue weighted by atomic mass is 9.83. The number of carbonyl (C=O) groups excluding carboxylic acids is 1.